The van der Waals surface area contributed by atoms with Crippen molar-refractivity contribution < 1.29 is 19.1 Å². The average Bonchev–Trinajstić information content (AvgIpc) is 3.00. The van der Waals surface area contributed by atoms with Crippen LogP contribution in [0.5, 0.6) is 0 Å². The Hall–Kier alpha value is -2.30. The largest absolute Gasteiger partial charge is 0.485 e. The maximum atomic E-state index is 13.1. The van der Waals surface area contributed by atoms with Crippen molar-refractivity contribution in [1.29, 1.82) is 0 Å². The summed E-state index contributed by atoms with van der Waals surface area (Å²) in [6.45, 7) is 3.64. The van der Waals surface area contributed by atoms with E-state index in [9.17, 15) is 9.59 Å². The van der Waals surface area contributed by atoms with E-state index >= 15 is 0 Å². The minimum atomic E-state index is -0.869. The summed E-state index contributed by atoms with van der Waals surface area (Å²) in [6.07, 6.45) is -0.869. The fourth-order valence-electron chi connectivity index (χ4n) is 3.17. The number of Topliss-reactive ketones (excluding diaryl/α,β-unsaturated/α-hetero) is 1. The number of ketones is 1. The van der Waals surface area contributed by atoms with Crippen LogP contribution in [-0.2, 0) is 14.3 Å². The first-order valence-electron chi connectivity index (χ1n) is 8.52. The molecule has 4 nitrogen and oxygen atoms in total. The van der Waals surface area contributed by atoms with Gasteiger partial charge in [-0.05, 0) is 55.8 Å². The molecular formula is C21H18Cl2O4. The molecule has 1 aliphatic heterocycles. The normalized spacial score (nSPS) is 19.0. The molecule has 0 aromatic heterocycles. The first-order chi connectivity index (χ1) is 12.9. The zero-order chi connectivity index (χ0) is 19.6. The van der Waals surface area contributed by atoms with Crippen molar-refractivity contribution >= 4 is 35.0 Å². The zero-order valence-corrected chi connectivity index (χ0v) is 16.4. The molecule has 2 aromatic carbocycles. The van der Waals surface area contributed by atoms with Crippen LogP contribution < -0.4 is 0 Å². The molecule has 0 bridgehead atoms. The number of esters is 1. The first-order valence-corrected chi connectivity index (χ1v) is 9.27. The molecule has 0 saturated carbocycles. The van der Waals surface area contributed by atoms with Gasteiger partial charge in [-0.1, -0.05) is 35.3 Å². The maximum Gasteiger partial charge on any atom is 0.338 e. The summed E-state index contributed by atoms with van der Waals surface area (Å²) >= 11 is 11.9. The van der Waals surface area contributed by atoms with Crippen molar-refractivity contribution in [3.63, 3.8) is 0 Å². The monoisotopic (exact) mass is 404 g/mol. The van der Waals surface area contributed by atoms with Gasteiger partial charge >= 0.3 is 5.97 Å². The summed E-state index contributed by atoms with van der Waals surface area (Å²) in [5.41, 5.74) is 1.57. The molecule has 0 fully saturated rings. The third-order valence-corrected chi connectivity index (χ3v) is 4.91. The van der Waals surface area contributed by atoms with Gasteiger partial charge in [0.15, 0.2) is 6.10 Å². The second-order valence-electron chi connectivity index (χ2n) is 6.13. The number of rotatable bonds is 5. The predicted molar refractivity (Wildman–Crippen MR) is 104 cm³/mol. The molecule has 1 heterocycles. The molecule has 0 radical (unpaired) electrons. The van der Waals surface area contributed by atoms with Crippen LogP contribution >= 0.6 is 23.2 Å². The molecule has 0 saturated heterocycles. The van der Waals surface area contributed by atoms with E-state index in [1.54, 1.807) is 62.4 Å². The van der Waals surface area contributed by atoms with Crippen LogP contribution in [0.4, 0.5) is 0 Å². The molecule has 0 aliphatic carbocycles. The van der Waals surface area contributed by atoms with E-state index in [2.05, 4.69) is 0 Å². The Kier molecular flexibility index (Phi) is 5.88. The lowest BCUT2D eigenvalue weighted by molar-refractivity contribution is -0.138. The van der Waals surface area contributed by atoms with E-state index in [-0.39, 0.29) is 12.4 Å². The van der Waals surface area contributed by atoms with Gasteiger partial charge in [-0.15, -0.1) is 0 Å². The molecule has 0 unspecified atom stereocenters. The van der Waals surface area contributed by atoms with Crippen LogP contribution in [0.3, 0.4) is 0 Å². The molecule has 2 aromatic rings. The average molecular weight is 405 g/mol. The van der Waals surface area contributed by atoms with Gasteiger partial charge in [0.25, 0.3) is 0 Å². The van der Waals surface area contributed by atoms with Crippen molar-refractivity contribution in [2.75, 3.05) is 6.61 Å². The quantitative estimate of drug-likeness (QED) is 0.507. The van der Waals surface area contributed by atoms with Crippen molar-refractivity contribution in [1.82, 2.24) is 0 Å². The third-order valence-electron chi connectivity index (χ3n) is 4.41. The van der Waals surface area contributed by atoms with Gasteiger partial charge in [-0.3, -0.25) is 4.79 Å². The number of halogens is 2. The van der Waals surface area contributed by atoms with Crippen molar-refractivity contribution in [2.45, 2.75) is 25.9 Å². The molecule has 0 spiro atoms. The van der Waals surface area contributed by atoms with E-state index in [4.69, 9.17) is 32.7 Å². The van der Waals surface area contributed by atoms with E-state index in [1.807, 2.05) is 0 Å². The Morgan fingerprint density at radius 2 is 1.56 bits per heavy atom. The SMILES string of the molecule is CCOC(=O)C1=C(C)O[C@@H](C(=O)c2ccc(Cl)cc2)[C@@H]1c1ccc(Cl)cc1. The van der Waals surface area contributed by atoms with Crippen LogP contribution in [-0.4, -0.2) is 24.5 Å². The molecule has 2 atom stereocenters. The topological polar surface area (TPSA) is 52.6 Å². The molecule has 3 rings (SSSR count). The van der Waals surface area contributed by atoms with Gasteiger partial charge in [0.2, 0.25) is 5.78 Å². The molecular weight excluding hydrogens is 387 g/mol. The lowest BCUT2D eigenvalue weighted by Crippen LogP contribution is -2.29. The van der Waals surface area contributed by atoms with Crippen molar-refractivity contribution in [2.24, 2.45) is 0 Å². The minimum absolute atomic E-state index is 0.231. The summed E-state index contributed by atoms with van der Waals surface area (Å²) in [4.78, 5) is 25.6. The molecule has 6 heteroatoms. The highest BCUT2D eigenvalue weighted by Crippen LogP contribution is 2.41. The summed E-state index contributed by atoms with van der Waals surface area (Å²) < 4.78 is 11.0. The second kappa shape index (κ2) is 8.15. The van der Waals surface area contributed by atoms with Gasteiger partial charge in [0.05, 0.1) is 18.1 Å². The number of hydrogen-bond donors (Lipinski definition) is 0. The molecule has 0 N–H and O–H groups in total. The Morgan fingerprint density at radius 1 is 1.00 bits per heavy atom. The Labute approximate surface area is 167 Å². The van der Waals surface area contributed by atoms with E-state index in [0.29, 0.717) is 26.9 Å². The highest BCUT2D eigenvalue weighted by Gasteiger charge is 2.44. The van der Waals surface area contributed by atoms with Gasteiger partial charge in [-0.25, -0.2) is 4.79 Å². The zero-order valence-electron chi connectivity index (χ0n) is 14.9. The van der Waals surface area contributed by atoms with Crippen LogP contribution in [0.2, 0.25) is 10.0 Å². The minimum Gasteiger partial charge on any atom is -0.485 e. The third kappa shape index (κ3) is 4.02. The summed E-state index contributed by atoms with van der Waals surface area (Å²) in [6, 6.07) is 13.6. The summed E-state index contributed by atoms with van der Waals surface area (Å²) in [5.74, 6) is -0.906. The smallest absolute Gasteiger partial charge is 0.338 e. The van der Waals surface area contributed by atoms with Crippen LogP contribution in [0.15, 0.2) is 59.9 Å². The lowest BCUT2D eigenvalue weighted by atomic mass is 9.84. The Balaban J connectivity index is 2.02. The van der Waals surface area contributed by atoms with Crippen molar-refractivity contribution in [3.8, 4) is 0 Å². The van der Waals surface area contributed by atoms with Gasteiger partial charge in [-0.2, -0.15) is 0 Å². The van der Waals surface area contributed by atoms with Crippen LogP contribution in [0.1, 0.15) is 35.7 Å². The predicted octanol–water partition coefficient (Wildman–Crippen LogP) is 5.20. The Morgan fingerprint density at radius 3 is 2.11 bits per heavy atom. The molecule has 140 valence electrons. The van der Waals surface area contributed by atoms with E-state index < -0.39 is 18.0 Å². The first kappa shape index (κ1) is 19.5. The van der Waals surface area contributed by atoms with Gasteiger partial charge < -0.3 is 9.47 Å². The number of allylic oxidation sites excluding steroid dienone is 1. The van der Waals surface area contributed by atoms with E-state index in [0.717, 1.165) is 5.56 Å². The van der Waals surface area contributed by atoms with E-state index in [1.165, 1.54) is 0 Å². The maximum absolute atomic E-state index is 13.1. The highest BCUT2D eigenvalue weighted by molar-refractivity contribution is 6.31. The summed E-state index contributed by atoms with van der Waals surface area (Å²) in [7, 11) is 0. The molecule has 1 aliphatic rings. The number of benzene rings is 2. The fraction of sp³-hybridized carbons (Fsp3) is 0.238. The van der Waals surface area contributed by atoms with Crippen molar-refractivity contribution in [3.05, 3.63) is 81.0 Å². The molecule has 0 amide bonds. The lowest BCUT2D eigenvalue weighted by Gasteiger charge is -2.20. The fourth-order valence-corrected chi connectivity index (χ4v) is 3.42. The number of carbonyl (C=O) groups excluding carboxylic acids is 2. The second-order valence-corrected chi connectivity index (χ2v) is 7.00. The highest BCUT2D eigenvalue weighted by atomic mass is 35.5. The number of carbonyl (C=O) groups is 2. The standard InChI is InChI=1S/C21H18Cl2O4/c1-3-26-21(25)17-12(2)27-20(18(17)13-4-8-15(22)9-5-13)19(24)14-6-10-16(23)11-7-14/h4-11,18,20H,3H2,1-2H3/t18-,20-/m1/s1. The van der Waals surface area contributed by atoms with Crippen LogP contribution in [0, 0.1) is 0 Å². The molecule has 27 heavy (non-hydrogen) atoms. The van der Waals surface area contributed by atoms with Crippen LogP contribution in [0.25, 0.3) is 0 Å². The Bertz CT molecular complexity index is 885. The number of ether oxygens (including phenoxy) is 2. The van der Waals surface area contributed by atoms with Gasteiger partial charge in [0, 0.05) is 15.6 Å². The number of hydrogen-bond acceptors (Lipinski definition) is 4. The summed E-state index contributed by atoms with van der Waals surface area (Å²) in [5, 5.41) is 1.10. The van der Waals surface area contributed by atoms with Gasteiger partial charge in [0.1, 0.15) is 5.76 Å².